The zero-order chi connectivity index (χ0) is 15.8. The second kappa shape index (κ2) is 5.78. The Morgan fingerprint density at radius 1 is 1.19 bits per heavy atom. The standard InChI is InChI=1S/C12H8BrClF2N2O2S/c13-6-4-8(15)11(9(16)5-6)18-21(19,20)12-7(14)2-1-3-10(12)17/h1-5,18H,17H2. The smallest absolute Gasteiger partial charge is 0.265 e. The van der Waals surface area contributed by atoms with Crippen molar-refractivity contribution < 1.29 is 17.2 Å². The molecule has 0 spiro atoms. The number of nitrogens with two attached hydrogens (primary N) is 1. The molecular formula is C12H8BrClF2N2O2S. The second-order valence-electron chi connectivity index (χ2n) is 4.01. The first kappa shape index (κ1) is 16.0. The van der Waals surface area contributed by atoms with E-state index in [0.29, 0.717) is 0 Å². The molecule has 0 bridgehead atoms. The molecule has 2 aromatic rings. The van der Waals surface area contributed by atoms with Crippen LogP contribution >= 0.6 is 27.5 Å². The van der Waals surface area contributed by atoms with Gasteiger partial charge in [0.2, 0.25) is 0 Å². The van der Waals surface area contributed by atoms with E-state index in [1.807, 2.05) is 4.72 Å². The fourth-order valence-corrected chi connectivity index (χ4v) is 3.79. The van der Waals surface area contributed by atoms with E-state index in [0.717, 1.165) is 12.1 Å². The molecule has 0 aliphatic heterocycles. The van der Waals surface area contributed by atoms with Crippen LogP contribution in [0.2, 0.25) is 5.02 Å². The van der Waals surface area contributed by atoms with Gasteiger partial charge in [-0.25, -0.2) is 17.2 Å². The summed E-state index contributed by atoms with van der Waals surface area (Å²) >= 11 is 8.69. The Morgan fingerprint density at radius 3 is 2.29 bits per heavy atom. The summed E-state index contributed by atoms with van der Waals surface area (Å²) in [7, 11) is -4.33. The van der Waals surface area contributed by atoms with Crippen molar-refractivity contribution in [3.63, 3.8) is 0 Å². The summed E-state index contributed by atoms with van der Waals surface area (Å²) in [5.41, 5.74) is 4.62. The summed E-state index contributed by atoms with van der Waals surface area (Å²) in [6.45, 7) is 0. The van der Waals surface area contributed by atoms with E-state index in [1.54, 1.807) is 0 Å². The number of anilines is 2. The number of nitrogens with one attached hydrogen (secondary N) is 1. The van der Waals surface area contributed by atoms with Crippen LogP contribution in [-0.4, -0.2) is 8.42 Å². The van der Waals surface area contributed by atoms with E-state index in [4.69, 9.17) is 17.3 Å². The molecule has 21 heavy (non-hydrogen) atoms. The van der Waals surface area contributed by atoms with E-state index < -0.39 is 32.2 Å². The van der Waals surface area contributed by atoms with Crippen LogP contribution in [0.15, 0.2) is 39.7 Å². The zero-order valence-electron chi connectivity index (χ0n) is 10.2. The molecule has 0 fully saturated rings. The molecular weight excluding hydrogens is 390 g/mol. The van der Waals surface area contributed by atoms with Crippen molar-refractivity contribution in [1.82, 2.24) is 0 Å². The molecule has 0 unspecified atom stereocenters. The summed E-state index contributed by atoms with van der Waals surface area (Å²) < 4.78 is 53.8. The van der Waals surface area contributed by atoms with Gasteiger partial charge in [-0.05, 0) is 24.3 Å². The average Bonchev–Trinajstić information content (AvgIpc) is 2.33. The van der Waals surface area contributed by atoms with Gasteiger partial charge in [0, 0.05) is 4.47 Å². The first-order valence-corrected chi connectivity index (χ1v) is 8.09. The molecule has 0 aromatic heterocycles. The predicted molar refractivity (Wildman–Crippen MR) is 80.7 cm³/mol. The van der Waals surface area contributed by atoms with Gasteiger partial charge in [0.25, 0.3) is 10.0 Å². The van der Waals surface area contributed by atoms with Crippen molar-refractivity contribution in [3.05, 3.63) is 51.5 Å². The third kappa shape index (κ3) is 3.28. The molecule has 112 valence electrons. The quantitative estimate of drug-likeness (QED) is 0.775. The summed E-state index contributed by atoms with van der Waals surface area (Å²) in [5.74, 6) is -2.15. The third-order valence-corrected chi connectivity index (χ3v) is 4.86. The summed E-state index contributed by atoms with van der Waals surface area (Å²) in [4.78, 5) is -0.437. The molecule has 0 amide bonds. The first-order valence-electron chi connectivity index (χ1n) is 5.43. The Hall–Kier alpha value is -1.38. The number of rotatable bonds is 3. The SMILES string of the molecule is Nc1cccc(Cl)c1S(=O)(=O)Nc1c(F)cc(Br)cc1F. The minimum Gasteiger partial charge on any atom is -0.398 e. The van der Waals surface area contributed by atoms with Crippen LogP contribution in [0.4, 0.5) is 20.2 Å². The van der Waals surface area contributed by atoms with Crippen molar-refractivity contribution in [2.24, 2.45) is 0 Å². The van der Waals surface area contributed by atoms with Crippen molar-refractivity contribution in [1.29, 1.82) is 0 Å². The lowest BCUT2D eigenvalue weighted by Gasteiger charge is -2.13. The topological polar surface area (TPSA) is 72.2 Å². The van der Waals surface area contributed by atoms with Gasteiger partial charge < -0.3 is 5.73 Å². The predicted octanol–water partition coefficient (Wildman–Crippen LogP) is 3.76. The molecule has 2 aromatic carbocycles. The molecule has 0 aliphatic carbocycles. The average molecular weight is 398 g/mol. The summed E-state index contributed by atoms with van der Waals surface area (Å²) in [6, 6.07) is 5.93. The fraction of sp³-hybridized carbons (Fsp3) is 0. The molecule has 2 rings (SSSR count). The van der Waals surface area contributed by atoms with E-state index in [1.165, 1.54) is 18.2 Å². The molecule has 0 radical (unpaired) electrons. The van der Waals surface area contributed by atoms with Crippen LogP contribution in [0.3, 0.4) is 0 Å². The summed E-state index contributed by atoms with van der Waals surface area (Å²) in [5, 5.41) is -0.152. The molecule has 4 nitrogen and oxygen atoms in total. The Kier molecular flexibility index (Phi) is 4.40. The monoisotopic (exact) mass is 396 g/mol. The third-order valence-electron chi connectivity index (χ3n) is 2.51. The van der Waals surface area contributed by atoms with Crippen LogP contribution < -0.4 is 10.5 Å². The van der Waals surface area contributed by atoms with Gasteiger partial charge in [0.1, 0.15) is 10.6 Å². The van der Waals surface area contributed by atoms with Gasteiger partial charge >= 0.3 is 0 Å². The molecule has 0 saturated carbocycles. The van der Waals surface area contributed by atoms with Gasteiger partial charge in [-0.2, -0.15) is 0 Å². The maximum absolute atomic E-state index is 13.7. The normalized spacial score (nSPS) is 11.4. The van der Waals surface area contributed by atoms with Crippen molar-refractivity contribution in [3.8, 4) is 0 Å². The maximum atomic E-state index is 13.7. The number of hydrogen-bond acceptors (Lipinski definition) is 3. The molecule has 3 N–H and O–H groups in total. The Morgan fingerprint density at radius 2 is 1.76 bits per heavy atom. The largest absolute Gasteiger partial charge is 0.398 e. The minimum absolute atomic E-state index is 0.132. The van der Waals surface area contributed by atoms with Crippen molar-refractivity contribution >= 4 is 48.9 Å². The van der Waals surface area contributed by atoms with Crippen molar-refractivity contribution in [2.75, 3.05) is 10.5 Å². The number of hydrogen-bond donors (Lipinski definition) is 2. The highest BCUT2D eigenvalue weighted by atomic mass is 79.9. The lowest BCUT2D eigenvalue weighted by atomic mass is 10.3. The van der Waals surface area contributed by atoms with Crippen LogP contribution in [0.1, 0.15) is 0 Å². The zero-order valence-corrected chi connectivity index (χ0v) is 13.4. The molecule has 0 heterocycles. The Bertz CT molecular complexity index is 772. The van der Waals surface area contributed by atoms with Crippen molar-refractivity contribution in [2.45, 2.75) is 4.90 Å². The van der Waals surface area contributed by atoms with Gasteiger partial charge in [0.15, 0.2) is 11.6 Å². The highest BCUT2D eigenvalue weighted by Gasteiger charge is 2.24. The lowest BCUT2D eigenvalue weighted by molar-refractivity contribution is 0.582. The second-order valence-corrected chi connectivity index (χ2v) is 6.95. The first-order chi connectivity index (χ1) is 9.72. The maximum Gasteiger partial charge on any atom is 0.265 e. The lowest BCUT2D eigenvalue weighted by Crippen LogP contribution is -2.17. The number of benzene rings is 2. The fourth-order valence-electron chi connectivity index (χ4n) is 1.63. The Labute approximate surface area is 133 Å². The van der Waals surface area contributed by atoms with Crippen LogP contribution in [0.5, 0.6) is 0 Å². The summed E-state index contributed by atoms with van der Waals surface area (Å²) in [6.07, 6.45) is 0. The molecule has 0 aliphatic rings. The van der Waals surface area contributed by atoms with Gasteiger partial charge in [0.05, 0.1) is 10.7 Å². The molecule has 0 saturated heterocycles. The number of halogens is 4. The number of nitrogen functional groups attached to an aromatic ring is 1. The van der Waals surface area contributed by atoms with E-state index >= 15 is 0 Å². The van der Waals surface area contributed by atoms with Crippen LogP contribution in [-0.2, 0) is 10.0 Å². The van der Waals surface area contributed by atoms with E-state index in [9.17, 15) is 17.2 Å². The highest BCUT2D eigenvalue weighted by molar-refractivity contribution is 9.10. The van der Waals surface area contributed by atoms with Crippen LogP contribution in [0, 0.1) is 11.6 Å². The van der Waals surface area contributed by atoms with E-state index in [2.05, 4.69) is 15.9 Å². The highest BCUT2D eigenvalue weighted by Crippen LogP contribution is 2.31. The number of sulfonamides is 1. The van der Waals surface area contributed by atoms with Crippen LogP contribution in [0.25, 0.3) is 0 Å². The van der Waals surface area contributed by atoms with Gasteiger partial charge in [-0.1, -0.05) is 33.6 Å². The molecule has 0 atom stereocenters. The minimum atomic E-state index is -4.33. The van der Waals surface area contributed by atoms with Gasteiger partial charge in [-0.15, -0.1) is 0 Å². The van der Waals surface area contributed by atoms with Gasteiger partial charge in [-0.3, -0.25) is 4.72 Å². The molecule has 9 heteroatoms. The Balaban J connectivity index is 2.53. The van der Waals surface area contributed by atoms with E-state index in [-0.39, 0.29) is 15.2 Å².